The first-order valence-electron chi connectivity index (χ1n) is 9.50. The molecule has 0 saturated carbocycles. The number of hydrogen-bond donors (Lipinski definition) is 4. The maximum Gasteiger partial charge on any atom is 0.338 e. The summed E-state index contributed by atoms with van der Waals surface area (Å²) >= 11 is 0. The Hall–Kier alpha value is -2.38. The minimum atomic E-state index is -0.501. The van der Waals surface area contributed by atoms with Crippen molar-refractivity contribution < 1.29 is 24.1 Å². The van der Waals surface area contributed by atoms with Crippen molar-refractivity contribution in [2.45, 2.75) is 19.9 Å². The molecule has 1 aromatic rings. The summed E-state index contributed by atoms with van der Waals surface area (Å²) in [6.45, 7) is 8.85. The van der Waals surface area contributed by atoms with Gasteiger partial charge in [-0.2, -0.15) is 0 Å². The maximum atomic E-state index is 12.7. The van der Waals surface area contributed by atoms with Crippen molar-refractivity contribution >= 4 is 12.0 Å². The summed E-state index contributed by atoms with van der Waals surface area (Å²) in [5.74, 6) is -0.401. The summed E-state index contributed by atoms with van der Waals surface area (Å²) in [4.78, 5) is 27.9. The molecule has 0 aliphatic carbocycles. The summed E-state index contributed by atoms with van der Waals surface area (Å²) in [6.07, 6.45) is 0. The van der Waals surface area contributed by atoms with Crippen LogP contribution in [0.3, 0.4) is 0 Å². The first-order chi connectivity index (χ1) is 12.9. The van der Waals surface area contributed by atoms with Gasteiger partial charge in [-0.25, -0.2) is 9.59 Å². The van der Waals surface area contributed by atoms with Crippen molar-refractivity contribution in [3.05, 3.63) is 46.2 Å². The van der Waals surface area contributed by atoms with Crippen LogP contribution in [0, 0.1) is 13.8 Å². The van der Waals surface area contributed by atoms with Gasteiger partial charge in [0, 0.05) is 0 Å². The van der Waals surface area contributed by atoms with Crippen molar-refractivity contribution in [1.29, 1.82) is 0 Å². The van der Waals surface area contributed by atoms with Gasteiger partial charge in [-0.1, -0.05) is 23.8 Å². The Morgan fingerprint density at radius 1 is 1.22 bits per heavy atom. The van der Waals surface area contributed by atoms with Crippen molar-refractivity contribution in [1.82, 2.24) is 10.6 Å². The number of aryl methyl sites for hydroxylation is 2. The largest absolute Gasteiger partial charge is 0.466 e. The molecule has 7 heteroatoms. The lowest BCUT2D eigenvalue weighted by Gasteiger charge is -2.33. The Morgan fingerprint density at radius 3 is 2.56 bits per heavy atom. The SMILES string of the molecule is COC(=O)C1=C(C[NH+]2CC[NH+](C)CC2)NC(=O)N[C@H]1c1ccc(C)cc1C. The quantitative estimate of drug-likeness (QED) is 0.485. The lowest BCUT2D eigenvalue weighted by atomic mass is 9.91. The number of amides is 2. The number of urea groups is 1. The van der Waals surface area contributed by atoms with Gasteiger partial charge >= 0.3 is 12.0 Å². The van der Waals surface area contributed by atoms with E-state index in [-0.39, 0.29) is 6.03 Å². The summed E-state index contributed by atoms with van der Waals surface area (Å²) in [5, 5.41) is 5.78. The number of quaternary nitrogens is 2. The minimum absolute atomic E-state index is 0.276. The first kappa shape index (κ1) is 19.4. The molecule has 1 fully saturated rings. The van der Waals surface area contributed by atoms with Crippen molar-refractivity contribution in [2.24, 2.45) is 0 Å². The Balaban J connectivity index is 1.98. The molecule has 2 amide bonds. The van der Waals surface area contributed by atoms with Gasteiger partial charge in [0.05, 0.1) is 31.5 Å². The molecular formula is C20H30N4O3+2. The second kappa shape index (κ2) is 8.10. The van der Waals surface area contributed by atoms with E-state index in [1.54, 1.807) is 0 Å². The van der Waals surface area contributed by atoms with Gasteiger partial charge in [0.2, 0.25) is 0 Å². The molecule has 27 heavy (non-hydrogen) atoms. The number of piperazine rings is 1. The van der Waals surface area contributed by atoms with Crippen LogP contribution in [0.25, 0.3) is 0 Å². The summed E-state index contributed by atoms with van der Waals surface area (Å²) in [7, 11) is 3.58. The van der Waals surface area contributed by atoms with Crippen LogP contribution in [-0.4, -0.2) is 58.9 Å². The number of methoxy groups -OCH3 is 1. The fraction of sp³-hybridized carbons (Fsp3) is 0.500. The van der Waals surface area contributed by atoms with Crippen molar-refractivity contribution in [3.63, 3.8) is 0 Å². The second-order valence-electron chi connectivity index (χ2n) is 7.66. The van der Waals surface area contributed by atoms with E-state index in [4.69, 9.17) is 4.74 Å². The molecule has 1 saturated heterocycles. The topological polar surface area (TPSA) is 76.3 Å². The van der Waals surface area contributed by atoms with E-state index in [0.29, 0.717) is 17.8 Å². The van der Waals surface area contributed by atoms with Crippen LogP contribution >= 0.6 is 0 Å². The molecular weight excluding hydrogens is 344 g/mol. The number of carbonyl (C=O) groups excluding carboxylic acids is 2. The minimum Gasteiger partial charge on any atom is -0.466 e. The van der Waals surface area contributed by atoms with E-state index >= 15 is 0 Å². The molecule has 0 bridgehead atoms. The van der Waals surface area contributed by atoms with Crippen LogP contribution < -0.4 is 20.4 Å². The second-order valence-corrected chi connectivity index (χ2v) is 7.66. The van der Waals surface area contributed by atoms with Gasteiger partial charge in [-0.05, 0) is 25.0 Å². The van der Waals surface area contributed by atoms with Crippen LogP contribution in [0.2, 0.25) is 0 Å². The number of esters is 1. The third kappa shape index (κ3) is 4.31. The third-order valence-electron chi connectivity index (χ3n) is 5.53. The molecule has 2 heterocycles. The number of carbonyl (C=O) groups is 2. The summed E-state index contributed by atoms with van der Waals surface area (Å²) in [5.41, 5.74) is 4.28. The van der Waals surface area contributed by atoms with Crippen LogP contribution in [0.15, 0.2) is 29.5 Å². The van der Waals surface area contributed by atoms with Gasteiger partial charge in [-0.3, -0.25) is 0 Å². The number of benzene rings is 1. The summed E-state index contributed by atoms with van der Waals surface area (Å²) in [6, 6.07) is 5.26. The smallest absolute Gasteiger partial charge is 0.338 e. The monoisotopic (exact) mass is 374 g/mol. The van der Waals surface area contributed by atoms with Gasteiger partial charge < -0.3 is 25.2 Å². The van der Waals surface area contributed by atoms with E-state index in [0.717, 1.165) is 42.9 Å². The average Bonchev–Trinajstić information content (AvgIpc) is 2.62. The Kier molecular flexibility index (Phi) is 5.82. The average molecular weight is 374 g/mol. The Morgan fingerprint density at radius 2 is 1.93 bits per heavy atom. The molecule has 0 aromatic heterocycles. The standard InChI is InChI=1S/C20H28N4O3/c1-13-5-6-15(14(2)11-13)18-17(19(25)27-4)16(21-20(26)22-18)12-24-9-7-23(3)8-10-24/h5-6,11,18H,7-10,12H2,1-4H3,(H2,21,22,26)/p+2/t18-/m0/s1. The zero-order valence-corrected chi connectivity index (χ0v) is 16.6. The van der Waals surface area contributed by atoms with E-state index < -0.39 is 12.0 Å². The highest BCUT2D eigenvalue weighted by molar-refractivity contribution is 5.95. The molecule has 2 aliphatic heterocycles. The highest BCUT2D eigenvalue weighted by Gasteiger charge is 2.36. The van der Waals surface area contributed by atoms with Crippen LogP contribution in [0.5, 0.6) is 0 Å². The zero-order valence-electron chi connectivity index (χ0n) is 16.6. The fourth-order valence-electron chi connectivity index (χ4n) is 3.95. The normalized spacial score (nSPS) is 25.6. The number of hydrogen-bond acceptors (Lipinski definition) is 3. The fourth-order valence-corrected chi connectivity index (χ4v) is 3.95. The molecule has 0 spiro atoms. The molecule has 2 aliphatic rings. The van der Waals surface area contributed by atoms with E-state index in [2.05, 4.69) is 23.7 Å². The predicted molar refractivity (Wildman–Crippen MR) is 102 cm³/mol. The number of likely N-dealkylation sites (N-methyl/N-ethyl adjacent to an activating group) is 1. The number of nitrogens with one attached hydrogen (secondary N) is 4. The molecule has 7 nitrogen and oxygen atoms in total. The predicted octanol–water partition coefficient (Wildman–Crippen LogP) is -1.50. The molecule has 4 N–H and O–H groups in total. The van der Waals surface area contributed by atoms with Crippen LogP contribution in [-0.2, 0) is 9.53 Å². The van der Waals surface area contributed by atoms with Gasteiger partial charge in [0.1, 0.15) is 32.7 Å². The van der Waals surface area contributed by atoms with Crippen molar-refractivity contribution in [3.8, 4) is 0 Å². The molecule has 0 radical (unpaired) electrons. The molecule has 1 aromatic carbocycles. The lowest BCUT2D eigenvalue weighted by molar-refractivity contribution is -1.00. The zero-order chi connectivity index (χ0) is 19.6. The number of ether oxygens (including phenoxy) is 1. The van der Waals surface area contributed by atoms with Gasteiger partial charge in [-0.15, -0.1) is 0 Å². The summed E-state index contributed by atoms with van der Waals surface area (Å²) < 4.78 is 5.08. The number of rotatable bonds is 4. The maximum absolute atomic E-state index is 12.7. The van der Waals surface area contributed by atoms with E-state index in [9.17, 15) is 9.59 Å². The third-order valence-corrected chi connectivity index (χ3v) is 5.53. The van der Waals surface area contributed by atoms with E-state index in [1.807, 2.05) is 26.0 Å². The Bertz CT molecular complexity index is 766. The van der Waals surface area contributed by atoms with Crippen molar-refractivity contribution in [2.75, 3.05) is 46.9 Å². The van der Waals surface area contributed by atoms with Crippen LogP contribution in [0.4, 0.5) is 4.79 Å². The van der Waals surface area contributed by atoms with Gasteiger partial charge in [0.15, 0.2) is 0 Å². The molecule has 0 unspecified atom stereocenters. The van der Waals surface area contributed by atoms with E-state index in [1.165, 1.54) is 16.9 Å². The lowest BCUT2D eigenvalue weighted by Crippen LogP contribution is -3.27. The molecule has 1 atom stereocenters. The Labute approximate surface area is 160 Å². The molecule has 146 valence electrons. The van der Waals surface area contributed by atoms with Gasteiger partial charge in [0.25, 0.3) is 0 Å². The molecule has 3 rings (SSSR count). The highest BCUT2D eigenvalue weighted by atomic mass is 16.5. The highest BCUT2D eigenvalue weighted by Crippen LogP contribution is 2.29. The first-order valence-corrected chi connectivity index (χ1v) is 9.50. The van der Waals surface area contributed by atoms with Crippen LogP contribution in [0.1, 0.15) is 22.7 Å².